The maximum Gasteiger partial charge on any atom is 0.418 e. The summed E-state index contributed by atoms with van der Waals surface area (Å²) in [4.78, 5) is 4.06. The van der Waals surface area contributed by atoms with Gasteiger partial charge in [0, 0.05) is 11.1 Å². The second-order valence-electron chi connectivity index (χ2n) is 4.15. The zero-order valence-corrected chi connectivity index (χ0v) is 11.2. The number of aromatic nitrogens is 1. The first kappa shape index (κ1) is 14.3. The lowest BCUT2D eigenvalue weighted by molar-refractivity contribution is -0.137. The topological polar surface area (TPSA) is 48.7 Å². The molecular weight excluding hydrogens is 287 g/mol. The second-order valence-corrected chi connectivity index (χ2v) is 4.87. The maximum absolute atomic E-state index is 13.0. The van der Waals surface area contributed by atoms with E-state index in [0.29, 0.717) is 5.69 Å². The number of hydrogen-bond donors (Lipinski definition) is 1. The Morgan fingerprint density at radius 1 is 1.40 bits per heavy atom. The second kappa shape index (κ2) is 5.51. The number of nitriles is 1. The number of thiazole rings is 1. The van der Waals surface area contributed by atoms with E-state index >= 15 is 0 Å². The number of nitrogens with one attached hydrogen (secondary N) is 1. The van der Waals surface area contributed by atoms with E-state index in [1.165, 1.54) is 23.5 Å². The lowest BCUT2D eigenvalue weighted by Crippen LogP contribution is -2.14. The number of halogens is 3. The molecule has 0 radical (unpaired) electrons. The van der Waals surface area contributed by atoms with Gasteiger partial charge in [-0.2, -0.15) is 18.4 Å². The first-order valence-electron chi connectivity index (χ1n) is 5.68. The molecule has 0 saturated carbocycles. The maximum atomic E-state index is 13.0. The number of rotatable bonds is 3. The highest BCUT2D eigenvalue weighted by atomic mass is 32.1. The van der Waals surface area contributed by atoms with Crippen LogP contribution in [0.5, 0.6) is 0 Å². The van der Waals surface area contributed by atoms with Crippen LogP contribution in [0.1, 0.15) is 29.8 Å². The number of hydrogen-bond acceptors (Lipinski definition) is 4. The molecule has 1 N–H and O–H groups in total. The van der Waals surface area contributed by atoms with Gasteiger partial charge in [0.2, 0.25) is 0 Å². The Hall–Kier alpha value is -2.07. The van der Waals surface area contributed by atoms with Crippen LogP contribution in [0.4, 0.5) is 18.9 Å². The summed E-state index contributed by atoms with van der Waals surface area (Å²) in [5.41, 5.74) is 1.36. The molecule has 2 aromatic rings. The first-order valence-corrected chi connectivity index (χ1v) is 6.62. The molecule has 0 saturated heterocycles. The van der Waals surface area contributed by atoms with Crippen molar-refractivity contribution in [1.82, 2.24) is 4.98 Å². The van der Waals surface area contributed by atoms with Crippen LogP contribution in [0.25, 0.3) is 0 Å². The van der Waals surface area contributed by atoms with Gasteiger partial charge in [0.05, 0.1) is 34.4 Å². The van der Waals surface area contributed by atoms with Gasteiger partial charge in [0.1, 0.15) is 0 Å². The lowest BCUT2D eigenvalue weighted by Gasteiger charge is -2.18. The van der Waals surface area contributed by atoms with Crippen LogP contribution in [0, 0.1) is 11.3 Å². The molecule has 0 aliphatic rings. The highest BCUT2D eigenvalue weighted by Gasteiger charge is 2.34. The summed E-state index contributed by atoms with van der Waals surface area (Å²) in [5.74, 6) is 0. The van der Waals surface area contributed by atoms with Crippen LogP contribution in [-0.2, 0) is 6.18 Å². The third kappa shape index (κ3) is 3.08. The van der Waals surface area contributed by atoms with Gasteiger partial charge in [-0.3, -0.25) is 0 Å². The summed E-state index contributed by atoms with van der Waals surface area (Å²) >= 11 is 1.38. The fourth-order valence-corrected chi connectivity index (χ4v) is 2.36. The van der Waals surface area contributed by atoms with Gasteiger partial charge in [0.15, 0.2) is 0 Å². The molecule has 0 fully saturated rings. The predicted molar refractivity (Wildman–Crippen MR) is 70.3 cm³/mol. The number of anilines is 1. The van der Waals surface area contributed by atoms with E-state index < -0.39 is 11.7 Å². The van der Waals surface area contributed by atoms with Gasteiger partial charge < -0.3 is 5.32 Å². The fraction of sp³-hybridized carbons (Fsp3) is 0.231. The van der Waals surface area contributed by atoms with Gasteiger partial charge >= 0.3 is 6.18 Å². The molecule has 104 valence electrons. The normalized spacial score (nSPS) is 12.8. The molecule has 1 atom stereocenters. The third-order valence-electron chi connectivity index (χ3n) is 2.72. The zero-order chi connectivity index (χ0) is 14.8. The minimum absolute atomic E-state index is 0.0239. The molecule has 1 heterocycles. The highest BCUT2D eigenvalue weighted by molar-refractivity contribution is 7.07. The summed E-state index contributed by atoms with van der Waals surface area (Å²) in [6, 6.07) is 4.82. The van der Waals surface area contributed by atoms with Gasteiger partial charge in [-0.05, 0) is 25.1 Å². The Kier molecular flexibility index (Phi) is 3.95. The standard InChI is InChI=1S/C13H10F3N3S/c1-8(12-6-20-7-18-12)19-11-3-2-9(5-17)4-10(11)13(14,15)16/h2-4,6-8,19H,1H3. The van der Waals surface area contributed by atoms with Gasteiger partial charge in [-0.25, -0.2) is 4.98 Å². The van der Waals surface area contributed by atoms with Crippen molar-refractivity contribution in [3.05, 3.63) is 45.9 Å². The minimum Gasteiger partial charge on any atom is -0.376 e. The van der Waals surface area contributed by atoms with Gasteiger partial charge in [-0.15, -0.1) is 11.3 Å². The average molecular weight is 297 g/mol. The van der Waals surface area contributed by atoms with E-state index in [0.717, 1.165) is 6.07 Å². The largest absolute Gasteiger partial charge is 0.418 e. The zero-order valence-electron chi connectivity index (χ0n) is 10.4. The smallest absolute Gasteiger partial charge is 0.376 e. The van der Waals surface area contributed by atoms with Crippen LogP contribution >= 0.6 is 11.3 Å². The van der Waals surface area contributed by atoms with E-state index in [9.17, 15) is 13.2 Å². The van der Waals surface area contributed by atoms with Crippen LogP contribution in [0.2, 0.25) is 0 Å². The van der Waals surface area contributed by atoms with E-state index in [2.05, 4.69) is 10.3 Å². The summed E-state index contributed by atoms with van der Waals surface area (Å²) in [6.07, 6.45) is -4.52. The van der Waals surface area contributed by atoms with Crippen LogP contribution in [0.15, 0.2) is 29.1 Å². The molecule has 0 spiro atoms. The summed E-state index contributed by atoms with van der Waals surface area (Å²) < 4.78 is 39.0. The fourth-order valence-electron chi connectivity index (χ4n) is 1.72. The Morgan fingerprint density at radius 2 is 2.15 bits per heavy atom. The van der Waals surface area contributed by atoms with Crippen molar-refractivity contribution >= 4 is 17.0 Å². The van der Waals surface area contributed by atoms with Crippen molar-refractivity contribution in [3.63, 3.8) is 0 Å². The molecule has 2 rings (SSSR count). The highest BCUT2D eigenvalue weighted by Crippen LogP contribution is 2.36. The Morgan fingerprint density at radius 3 is 2.70 bits per heavy atom. The summed E-state index contributed by atoms with van der Waals surface area (Å²) in [5, 5.41) is 13.3. The van der Waals surface area contributed by atoms with Crippen LogP contribution in [0.3, 0.4) is 0 Å². The molecule has 7 heteroatoms. The number of nitrogens with zero attached hydrogens (tertiary/aromatic N) is 2. The van der Waals surface area contributed by atoms with Crippen molar-refractivity contribution in [2.24, 2.45) is 0 Å². The molecule has 0 bridgehead atoms. The predicted octanol–water partition coefficient (Wildman–Crippen LogP) is 4.21. The summed E-state index contributed by atoms with van der Waals surface area (Å²) in [6.45, 7) is 1.73. The van der Waals surface area contributed by atoms with Crippen molar-refractivity contribution < 1.29 is 13.2 Å². The molecular formula is C13H10F3N3S. The molecule has 1 unspecified atom stereocenters. The molecule has 0 aliphatic heterocycles. The quantitative estimate of drug-likeness (QED) is 0.923. The monoisotopic (exact) mass is 297 g/mol. The van der Waals surface area contributed by atoms with Gasteiger partial charge in [0.25, 0.3) is 0 Å². The van der Waals surface area contributed by atoms with Crippen LogP contribution < -0.4 is 5.32 Å². The molecule has 0 amide bonds. The summed E-state index contributed by atoms with van der Waals surface area (Å²) in [7, 11) is 0. The van der Waals surface area contributed by atoms with Crippen molar-refractivity contribution in [2.45, 2.75) is 19.1 Å². The van der Waals surface area contributed by atoms with E-state index in [-0.39, 0.29) is 17.3 Å². The first-order chi connectivity index (χ1) is 9.41. The molecule has 1 aromatic heterocycles. The molecule has 1 aromatic carbocycles. The van der Waals surface area contributed by atoms with E-state index in [1.807, 2.05) is 0 Å². The Labute approximate surface area is 117 Å². The van der Waals surface area contributed by atoms with E-state index in [1.54, 1.807) is 23.9 Å². The van der Waals surface area contributed by atoms with Crippen molar-refractivity contribution in [1.29, 1.82) is 5.26 Å². The van der Waals surface area contributed by atoms with Gasteiger partial charge in [-0.1, -0.05) is 0 Å². The van der Waals surface area contributed by atoms with Crippen molar-refractivity contribution in [3.8, 4) is 6.07 Å². The van der Waals surface area contributed by atoms with Crippen LogP contribution in [-0.4, -0.2) is 4.98 Å². The molecule has 20 heavy (non-hydrogen) atoms. The number of benzene rings is 1. The lowest BCUT2D eigenvalue weighted by atomic mass is 10.1. The molecule has 0 aliphatic carbocycles. The SMILES string of the molecule is CC(Nc1ccc(C#N)cc1C(F)(F)F)c1cscn1. The van der Waals surface area contributed by atoms with E-state index in [4.69, 9.17) is 5.26 Å². The average Bonchev–Trinajstić information content (AvgIpc) is 2.91. The van der Waals surface area contributed by atoms with Crippen molar-refractivity contribution in [2.75, 3.05) is 5.32 Å². The third-order valence-corrected chi connectivity index (χ3v) is 3.33. The Bertz CT molecular complexity index is 629. The Balaban J connectivity index is 2.34. The number of alkyl halides is 3. The minimum atomic E-state index is -4.52. The molecule has 3 nitrogen and oxygen atoms in total.